The van der Waals surface area contributed by atoms with Crippen molar-refractivity contribution in [1.82, 2.24) is 0 Å². The maximum Gasteiger partial charge on any atom is 0.441 e. The number of hydrogen-bond acceptors (Lipinski definition) is 3. The average Bonchev–Trinajstić information content (AvgIpc) is 2.67. The van der Waals surface area contributed by atoms with Crippen LogP contribution in [0.3, 0.4) is 0 Å². The first-order chi connectivity index (χ1) is 8.88. The Bertz CT molecular complexity index is 478. The Morgan fingerprint density at radius 2 is 2.11 bits per heavy atom. The van der Waals surface area contributed by atoms with Crippen molar-refractivity contribution in [2.24, 2.45) is 0 Å². The van der Waals surface area contributed by atoms with Crippen LogP contribution in [0.5, 0.6) is 0 Å². The molecule has 0 saturated heterocycles. The molecule has 1 aromatic carbocycles. The first-order valence-corrected chi connectivity index (χ1v) is 6.64. The summed E-state index contributed by atoms with van der Waals surface area (Å²) in [5.74, 6) is -1.71. The molecule has 0 aromatic heterocycles. The molecule has 0 bridgehead atoms. The Balaban J connectivity index is 2.06. The van der Waals surface area contributed by atoms with Gasteiger partial charge in [-0.15, -0.1) is 0 Å². The van der Waals surface area contributed by atoms with Gasteiger partial charge in [0, 0.05) is 24.5 Å². The Morgan fingerprint density at radius 1 is 1.42 bits per heavy atom. The molecule has 0 spiro atoms. The molecule has 1 aliphatic heterocycles. The van der Waals surface area contributed by atoms with Crippen LogP contribution in [0, 0.1) is 0 Å². The third-order valence-corrected chi connectivity index (χ3v) is 3.69. The number of hydrogen-bond donors (Lipinski definition) is 1. The third-order valence-electron chi connectivity index (χ3n) is 2.98. The van der Waals surface area contributed by atoms with Crippen LogP contribution in [0.1, 0.15) is 11.5 Å². The molecular weight excluding hydrogens is 279 g/mol. The first-order valence-electron chi connectivity index (χ1n) is 5.66. The smallest absolute Gasteiger partial charge is 0.441 e. The number of halogens is 3. The van der Waals surface area contributed by atoms with Crippen LogP contribution < -0.4 is 4.90 Å². The molecule has 1 aromatic rings. The first kappa shape index (κ1) is 14.0. The number of carbonyl (C=O) groups is 1. The highest BCUT2D eigenvalue weighted by Crippen LogP contribution is 2.37. The molecular formula is C12H12F3NO2S. The van der Waals surface area contributed by atoms with Crippen molar-refractivity contribution >= 4 is 23.4 Å². The molecule has 1 unspecified atom stereocenters. The zero-order chi connectivity index (χ0) is 14.0. The lowest BCUT2D eigenvalue weighted by Crippen LogP contribution is -2.27. The second kappa shape index (κ2) is 5.32. The summed E-state index contributed by atoms with van der Waals surface area (Å²) in [6.07, 6.45) is 0. The molecule has 1 atom stereocenters. The summed E-state index contributed by atoms with van der Waals surface area (Å²) >= 11 is -0.0844. The van der Waals surface area contributed by atoms with Gasteiger partial charge in [0.2, 0.25) is 0 Å². The molecule has 1 aliphatic rings. The van der Waals surface area contributed by atoms with E-state index in [4.69, 9.17) is 5.11 Å². The minimum atomic E-state index is -4.24. The van der Waals surface area contributed by atoms with Crippen LogP contribution in [0.25, 0.3) is 0 Å². The van der Waals surface area contributed by atoms with Gasteiger partial charge in [0.05, 0.1) is 0 Å². The fourth-order valence-corrected chi connectivity index (χ4v) is 2.72. The predicted molar refractivity (Wildman–Crippen MR) is 67.5 cm³/mol. The Hall–Kier alpha value is -1.37. The molecule has 1 heterocycles. The number of alkyl halides is 3. The molecule has 19 heavy (non-hydrogen) atoms. The van der Waals surface area contributed by atoms with Crippen molar-refractivity contribution in [2.75, 3.05) is 23.7 Å². The number of carboxylic acid groups (broad SMARTS) is 1. The van der Waals surface area contributed by atoms with E-state index >= 15 is 0 Å². The lowest BCUT2D eigenvalue weighted by Gasteiger charge is -2.19. The summed E-state index contributed by atoms with van der Waals surface area (Å²) in [6.45, 7) is 0.415. The van der Waals surface area contributed by atoms with Gasteiger partial charge in [-0.3, -0.25) is 4.79 Å². The second-order valence-corrected chi connectivity index (χ2v) is 5.35. The number of thioether (sulfide) groups is 1. The van der Waals surface area contributed by atoms with Crippen LogP contribution in [0.4, 0.5) is 18.9 Å². The van der Waals surface area contributed by atoms with E-state index in [-0.39, 0.29) is 30.6 Å². The summed E-state index contributed by atoms with van der Waals surface area (Å²) in [4.78, 5) is 12.8. The number of anilines is 1. The van der Waals surface area contributed by atoms with E-state index in [1.54, 1.807) is 29.2 Å². The van der Waals surface area contributed by atoms with Crippen molar-refractivity contribution in [3.05, 3.63) is 29.8 Å². The van der Waals surface area contributed by atoms with E-state index < -0.39 is 17.4 Å². The normalized spacial score (nSPS) is 18.5. The highest BCUT2D eigenvalue weighted by Gasteiger charge is 2.34. The van der Waals surface area contributed by atoms with E-state index in [1.807, 2.05) is 0 Å². The number of aliphatic carboxylic acids is 1. The van der Waals surface area contributed by atoms with Gasteiger partial charge in [-0.05, 0) is 23.4 Å². The van der Waals surface area contributed by atoms with Gasteiger partial charge < -0.3 is 10.0 Å². The third kappa shape index (κ3) is 3.34. The molecule has 7 heteroatoms. The molecule has 2 rings (SSSR count). The van der Waals surface area contributed by atoms with Crippen molar-refractivity contribution in [3.8, 4) is 0 Å². The molecule has 104 valence electrons. The SMILES string of the molecule is O=C(O)C1CN(CCSC(F)(F)F)c2ccccc21. The number of nitrogens with zero attached hydrogens (tertiary/aromatic N) is 1. The lowest BCUT2D eigenvalue weighted by atomic mass is 10.0. The summed E-state index contributed by atoms with van der Waals surface area (Å²) in [6, 6.07) is 6.96. The van der Waals surface area contributed by atoms with Crippen molar-refractivity contribution in [3.63, 3.8) is 0 Å². The van der Waals surface area contributed by atoms with E-state index in [0.29, 0.717) is 5.56 Å². The number of carboxylic acids is 1. The molecule has 0 saturated carbocycles. The Kier molecular flexibility index (Phi) is 3.93. The van der Waals surface area contributed by atoms with Crippen LogP contribution >= 0.6 is 11.8 Å². The maximum absolute atomic E-state index is 12.1. The summed E-state index contributed by atoms with van der Waals surface area (Å²) < 4.78 is 36.2. The number of rotatable bonds is 4. The Morgan fingerprint density at radius 3 is 2.74 bits per heavy atom. The predicted octanol–water partition coefficient (Wildman–Crippen LogP) is 2.93. The van der Waals surface area contributed by atoms with E-state index in [9.17, 15) is 18.0 Å². The molecule has 1 N–H and O–H groups in total. The van der Waals surface area contributed by atoms with Crippen molar-refractivity contribution in [2.45, 2.75) is 11.4 Å². The fraction of sp³-hybridized carbons (Fsp3) is 0.417. The van der Waals surface area contributed by atoms with Gasteiger partial charge in [-0.1, -0.05) is 18.2 Å². The van der Waals surface area contributed by atoms with Crippen molar-refractivity contribution in [1.29, 1.82) is 0 Å². The zero-order valence-corrected chi connectivity index (χ0v) is 10.7. The molecule has 0 fully saturated rings. The second-order valence-electron chi connectivity index (χ2n) is 4.19. The van der Waals surface area contributed by atoms with Crippen LogP contribution in [-0.2, 0) is 4.79 Å². The van der Waals surface area contributed by atoms with Crippen LogP contribution in [-0.4, -0.2) is 35.4 Å². The molecule has 0 aliphatic carbocycles. The quantitative estimate of drug-likeness (QED) is 0.926. The average molecular weight is 291 g/mol. The van der Waals surface area contributed by atoms with Crippen LogP contribution in [0.2, 0.25) is 0 Å². The maximum atomic E-state index is 12.1. The molecule has 0 amide bonds. The van der Waals surface area contributed by atoms with E-state index in [2.05, 4.69) is 0 Å². The number of fused-ring (bicyclic) bond motifs is 1. The zero-order valence-electron chi connectivity index (χ0n) is 9.85. The highest BCUT2D eigenvalue weighted by molar-refractivity contribution is 8.00. The summed E-state index contributed by atoms with van der Waals surface area (Å²) in [5.41, 5.74) is -2.85. The van der Waals surface area contributed by atoms with Gasteiger partial charge in [-0.25, -0.2) is 0 Å². The lowest BCUT2D eigenvalue weighted by molar-refractivity contribution is -0.138. The monoisotopic (exact) mass is 291 g/mol. The van der Waals surface area contributed by atoms with E-state index in [0.717, 1.165) is 5.69 Å². The van der Waals surface area contributed by atoms with Gasteiger partial charge >= 0.3 is 11.5 Å². The highest BCUT2D eigenvalue weighted by atomic mass is 32.2. The molecule has 0 radical (unpaired) electrons. The standard InChI is InChI=1S/C12H12F3NO2S/c13-12(14,15)19-6-5-16-7-9(11(17)18)8-3-1-2-4-10(8)16/h1-4,9H,5-7H2,(H,17,18). The minimum Gasteiger partial charge on any atom is -0.481 e. The molecule has 3 nitrogen and oxygen atoms in total. The Labute approximate surface area is 112 Å². The van der Waals surface area contributed by atoms with Crippen molar-refractivity contribution < 1.29 is 23.1 Å². The van der Waals surface area contributed by atoms with E-state index in [1.165, 1.54) is 0 Å². The summed E-state index contributed by atoms with van der Waals surface area (Å²) in [7, 11) is 0. The van der Waals surface area contributed by atoms with Gasteiger partial charge in [0.25, 0.3) is 0 Å². The van der Waals surface area contributed by atoms with Gasteiger partial charge in [-0.2, -0.15) is 13.2 Å². The largest absolute Gasteiger partial charge is 0.481 e. The topological polar surface area (TPSA) is 40.5 Å². The number of para-hydroxylation sites is 1. The number of benzene rings is 1. The fourth-order valence-electron chi connectivity index (χ4n) is 2.18. The summed E-state index contributed by atoms with van der Waals surface area (Å²) in [5, 5.41) is 9.12. The van der Waals surface area contributed by atoms with Gasteiger partial charge in [0.1, 0.15) is 5.92 Å². The minimum absolute atomic E-state index is 0.0844. The van der Waals surface area contributed by atoms with Crippen LogP contribution in [0.15, 0.2) is 24.3 Å². The van der Waals surface area contributed by atoms with Gasteiger partial charge in [0.15, 0.2) is 0 Å².